The van der Waals surface area contributed by atoms with Crippen LogP contribution in [0, 0.1) is 13.8 Å². The minimum atomic E-state index is -4.95. The van der Waals surface area contributed by atoms with Gasteiger partial charge >= 0.3 is 0 Å². The summed E-state index contributed by atoms with van der Waals surface area (Å²) in [5, 5.41) is 14.3. The van der Waals surface area contributed by atoms with E-state index in [0.717, 1.165) is 129 Å². The van der Waals surface area contributed by atoms with Gasteiger partial charge in [-0.3, -0.25) is 28.5 Å². The molecule has 1 aliphatic heterocycles. The van der Waals surface area contributed by atoms with Crippen molar-refractivity contribution in [2.45, 2.75) is 82.4 Å². The number of nitrogens with one attached hydrogen (secondary N) is 2. The number of rotatable bonds is 28. The fourth-order valence-electron chi connectivity index (χ4n) is 7.66. The summed E-state index contributed by atoms with van der Waals surface area (Å²) in [6.45, 7) is 15.3. The summed E-state index contributed by atoms with van der Waals surface area (Å²) in [4.78, 5) is 18.5. The molecule has 0 atom stereocenters. The van der Waals surface area contributed by atoms with E-state index >= 15 is 0 Å². The molecule has 0 bridgehead atoms. The summed E-state index contributed by atoms with van der Waals surface area (Å²) in [6, 6.07) is 17.6. The highest BCUT2D eigenvalue weighted by Crippen LogP contribution is 2.37. The van der Waals surface area contributed by atoms with Crippen LogP contribution in [0.4, 0.5) is 0 Å². The van der Waals surface area contributed by atoms with E-state index in [1.54, 1.807) is 17.6 Å². The molecule has 5 aromatic rings. The predicted octanol–water partition coefficient (Wildman–Crippen LogP) is 5.13. The van der Waals surface area contributed by atoms with Gasteiger partial charge in [-0.05, 0) is 92.7 Å². The maximum Gasteiger partial charge on any atom is 0.286 e. The number of piperazine rings is 1. The summed E-state index contributed by atoms with van der Waals surface area (Å²) in [6.07, 6.45) is 9.24. The first-order valence-electron chi connectivity index (χ1n) is 23.9. The number of pyridine rings is 1. The number of halogens is 1. The zero-order valence-corrected chi connectivity index (χ0v) is 45.5. The summed E-state index contributed by atoms with van der Waals surface area (Å²) >= 11 is 6.82. The number of unbranched alkanes of at least 4 members (excludes halogenated alkanes) is 2. The fraction of sp³-hybridized carbons (Fsp3) is 0.469. The van der Waals surface area contributed by atoms with Crippen molar-refractivity contribution in [3.05, 3.63) is 112 Å². The molecule has 3 heterocycles. The van der Waals surface area contributed by atoms with Crippen LogP contribution in [-0.2, 0) is 72.5 Å². The molecule has 0 radical (unpaired) electrons. The fourth-order valence-corrected chi connectivity index (χ4v) is 10.4. The number of benzene rings is 3. The van der Waals surface area contributed by atoms with E-state index in [1.165, 1.54) is 6.20 Å². The standard InChI is InChI=1S/C46H60ClN7O6S.C3H7NO7S2/c1-6-52(4)29-38-25-43(47)46(26-45(38)58-31-36-24-40(28-49-27-36)61(5,55)56)59-32-37-12-10-13-41(34(37)2)42-14-11-15-44(35(42)3)60-33-39-30-54(51-50-39)18-8-7-9-22-57-23-21-53-19-16-48-17-20-53;5-2-4-1-3(12(6,7)8)13(9,10)11/h10-15,24-28,30,48H,6-9,16-23,29,31-33H2,1-5H3;2-3H,1H2,(H,4,5)(H,6,7,8)(H,9,10,11). The van der Waals surface area contributed by atoms with Crippen molar-refractivity contribution in [3.8, 4) is 28.4 Å². The number of ether oxygens (including phenoxy) is 4. The molecule has 1 fully saturated rings. The molecule has 1 aliphatic rings. The van der Waals surface area contributed by atoms with Gasteiger partial charge in [0, 0.05) is 88.3 Å². The molecular formula is C49H67ClN8O13S3. The van der Waals surface area contributed by atoms with Crippen molar-refractivity contribution >= 4 is 48.1 Å². The van der Waals surface area contributed by atoms with Crippen molar-refractivity contribution in [1.82, 2.24) is 40.4 Å². The van der Waals surface area contributed by atoms with Crippen LogP contribution in [0.15, 0.2) is 78.1 Å². The van der Waals surface area contributed by atoms with E-state index < -0.39 is 41.2 Å². The van der Waals surface area contributed by atoms with Crippen LogP contribution in [-0.4, -0.2) is 147 Å². The Labute approximate surface area is 439 Å². The Bertz CT molecular complexity index is 2930. The molecule has 74 heavy (non-hydrogen) atoms. The topological polar surface area (TPSA) is 271 Å². The van der Waals surface area contributed by atoms with Crippen LogP contribution in [0.1, 0.15) is 59.7 Å². The normalized spacial score (nSPS) is 13.4. The zero-order valence-electron chi connectivity index (χ0n) is 42.3. The lowest BCUT2D eigenvalue weighted by atomic mass is 9.93. The number of sulfone groups is 1. The van der Waals surface area contributed by atoms with Crippen molar-refractivity contribution in [3.63, 3.8) is 0 Å². The van der Waals surface area contributed by atoms with Crippen molar-refractivity contribution in [2.75, 3.05) is 72.3 Å². The number of amides is 1. The first-order chi connectivity index (χ1) is 35.2. The Balaban J connectivity index is 0.000000686. The lowest BCUT2D eigenvalue weighted by molar-refractivity contribution is -0.109. The molecule has 0 spiro atoms. The number of aryl methyl sites for hydroxylation is 1. The third-order valence-electron chi connectivity index (χ3n) is 12.0. The van der Waals surface area contributed by atoms with Gasteiger partial charge in [-0.2, -0.15) is 16.8 Å². The quantitative estimate of drug-likeness (QED) is 0.0287. The second-order valence-electron chi connectivity index (χ2n) is 17.6. The molecular weight excluding hydrogens is 1040 g/mol. The molecule has 3 aromatic carbocycles. The van der Waals surface area contributed by atoms with Gasteiger partial charge in [0.25, 0.3) is 20.2 Å². The molecule has 0 aliphatic carbocycles. The van der Waals surface area contributed by atoms with Gasteiger partial charge < -0.3 is 34.5 Å². The molecule has 6 rings (SSSR count). The lowest BCUT2D eigenvalue weighted by Crippen LogP contribution is -2.44. The van der Waals surface area contributed by atoms with E-state index in [-0.39, 0.29) is 24.5 Å². The van der Waals surface area contributed by atoms with Crippen LogP contribution in [0.5, 0.6) is 17.2 Å². The number of aromatic nitrogens is 4. The molecule has 25 heteroatoms. The largest absolute Gasteiger partial charge is 0.488 e. The predicted molar refractivity (Wildman–Crippen MR) is 280 cm³/mol. The molecule has 0 unspecified atom stereocenters. The molecule has 4 N–H and O–H groups in total. The van der Waals surface area contributed by atoms with Gasteiger partial charge in [0.2, 0.25) is 11.0 Å². The van der Waals surface area contributed by atoms with Gasteiger partial charge in [-0.25, -0.2) is 8.42 Å². The summed E-state index contributed by atoms with van der Waals surface area (Å²) in [5.74, 6) is 1.87. The van der Waals surface area contributed by atoms with Crippen LogP contribution < -0.4 is 24.8 Å². The number of carbonyl (C=O) groups excluding carboxylic acids is 1. The minimum Gasteiger partial charge on any atom is -0.488 e. The zero-order chi connectivity index (χ0) is 53.9. The number of hydrogen-bond donors (Lipinski definition) is 4. The average molecular weight is 1110 g/mol. The lowest BCUT2D eigenvalue weighted by Gasteiger charge is -2.26. The van der Waals surface area contributed by atoms with Gasteiger partial charge in [0.15, 0.2) is 9.84 Å². The monoisotopic (exact) mass is 1110 g/mol. The van der Waals surface area contributed by atoms with Crippen LogP contribution in [0.3, 0.4) is 0 Å². The van der Waals surface area contributed by atoms with Crippen molar-refractivity contribution in [2.24, 2.45) is 0 Å². The van der Waals surface area contributed by atoms with Gasteiger partial charge in [-0.15, -0.1) is 5.10 Å². The van der Waals surface area contributed by atoms with Crippen LogP contribution in [0.25, 0.3) is 11.1 Å². The Hall–Kier alpha value is -5.28. The van der Waals surface area contributed by atoms with E-state index in [0.29, 0.717) is 35.2 Å². The number of carbonyl (C=O) groups is 1. The summed E-state index contributed by atoms with van der Waals surface area (Å²) in [7, 11) is -11.3. The maximum atomic E-state index is 12.1. The molecule has 21 nitrogen and oxygen atoms in total. The Morgan fingerprint density at radius 2 is 1.51 bits per heavy atom. The highest BCUT2D eigenvalue weighted by molar-refractivity contribution is 8.04. The van der Waals surface area contributed by atoms with E-state index in [9.17, 15) is 30.0 Å². The van der Waals surface area contributed by atoms with Crippen molar-refractivity contribution < 1.29 is 58.1 Å². The van der Waals surface area contributed by atoms with E-state index in [4.69, 9.17) is 39.7 Å². The molecule has 2 aromatic heterocycles. The highest BCUT2D eigenvalue weighted by Gasteiger charge is 2.35. The second-order valence-corrected chi connectivity index (χ2v) is 23.5. The second kappa shape index (κ2) is 28.6. The summed E-state index contributed by atoms with van der Waals surface area (Å²) in [5.41, 5.74) is 7.58. The highest BCUT2D eigenvalue weighted by atomic mass is 35.5. The Morgan fingerprint density at radius 3 is 2.20 bits per heavy atom. The smallest absolute Gasteiger partial charge is 0.286 e. The Morgan fingerprint density at radius 1 is 0.824 bits per heavy atom. The number of hydrogen-bond acceptors (Lipinski definition) is 17. The van der Waals surface area contributed by atoms with Crippen molar-refractivity contribution in [1.29, 1.82) is 0 Å². The first-order valence-corrected chi connectivity index (χ1v) is 29.2. The molecule has 406 valence electrons. The van der Waals surface area contributed by atoms with E-state index in [1.807, 2.05) is 48.3 Å². The van der Waals surface area contributed by atoms with Crippen LogP contribution in [0.2, 0.25) is 5.02 Å². The maximum absolute atomic E-state index is 12.1. The molecule has 0 saturated carbocycles. The summed E-state index contributed by atoms with van der Waals surface area (Å²) < 4.78 is 107. The first kappa shape index (κ1) is 59.6. The van der Waals surface area contributed by atoms with Crippen LogP contribution >= 0.6 is 11.6 Å². The minimum absolute atomic E-state index is 0.0311. The molecule has 1 amide bonds. The van der Waals surface area contributed by atoms with Gasteiger partial charge in [0.05, 0.1) is 29.3 Å². The Kier molecular flexibility index (Phi) is 23.0. The van der Waals surface area contributed by atoms with Gasteiger partial charge in [0.1, 0.15) is 42.8 Å². The third-order valence-corrected chi connectivity index (χ3v) is 16.5. The number of nitrogens with zero attached hydrogens (tertiary/aromatic N) is 6. The average Bonchev–Trinajstić information content (AvgIpc) is 3.81. The molecule has 1 saturated heterocycles. The van der Waals surface area contributed by atoms with Gasteiger partial charge in [-0.1, -0.05) is 54.1 Å². The van der Waals surface area contributed by atoms with E-state index in [2.05, 4.69) is 69.4 Å². The third kappa shape index (κ3) is 18.8. The SMILES string of the molecule is CCN(C)Cc1cc(Cl)c(OCc2cccc(-c3cccc(OCc4cn(CCCCCOCCN5CCNCC5)nn4)c3C)c2C)cc1OCc1cncc(S(C)(=O)=O)c1.O=CNCC(S(=O)(=O)O)S(=O)(=O)O.